The topological polar surface area (TPSA) is 99.0 Å². The molecule has 2 aromatic carbocycles. The van der Waals surface area contributed by atoms with Gasteiger partial charge in [0.1, 0.15) is 0 Å². The quantitative estimate of drug-likeness (QED) is 0.633. The smallest absolute Gasteiger partial charge is 0.330 e. The Kier molecular flexibility index (Phi) is 6.11. The highest BCUT2D eigenvalue weighted by molar-refractivity contribution is 5.93. The molecule has 1 amide bonds. The maximum atomic E-state index is 12.0. The van der Waals surface area contributed by atoms with Gasteiger partial charge in [0.2, 0.25) is 5.82 Å². The Bertz CT molecular complexity index is 966. The molecule has 0 atom stereocenters. The van der Waals surface area contributed by atoms with Crippen molar-refractivity contribution >= 4 is 17.6 Å². The van der Waals surface area contributed by atoms with Crippen LogP contribution >= 0.6 is 0 Å². The Morgan fingerprint density at radius 3 is 2.61 bits per heavy atom. The number of carbonyl (C=O) groups is 2. The van der Waals surface area contributed by atoms with Crippen LogP contribution in [0.3, 0.4) is 0 Å². The minimum absolute atomic E-state index is 0.225. The number of nitrogens with zero attached hydrogens (tertiary/aromatic N) is 4. The lowest BCUT2D eigenvalue weighted by molar-refractivity contribution is -0.148. The zero-order valence-corrected chi connectivity index (χ0v) is 15.8. The van der Waals surface area contributed by atoms with E-state index in [1.165, 1.54) is 0 Å². The van der Waals surface area contributed by atoms with E-state index in [1.807, 2.05) is 62.4 Å². The van der Waals surface area contributed by atoms with Gasteiger partial charge in [-0.25, -0.2) is 4.79 Å². The van der Waals surface area contributed by atoms with Crippen LogP contribution in [-0.2, 0) is 27.3 Å². The van der Waals surface area contributed by atoms with Crippen LogP contribution in [0, 0.1) is 6.92 Å². The van der Waals surface area contributed by atoms with Gasteiger partial charge in [0, 0.05) is 11.3 Å². The molecular weight excluding hydrogens is 358 g/mol. The van der Waals surface area contributed by atoms with E-state index < -0.39 is 11.9 Å². The third-order valence-corrected chi connectivity index (χ3v) is 4.07. The van der Waals surface area contributed by atoms with E-state index in [9.17, 15) is 9.59 Å². The van der Waals surface area contributed by atoms with Gasteiger partial charge < -0.3 is 10.1 Å². The molecule has 3 rings (SSSR count). The largest absolute Gasteiger partial charge is 0.454 e. The zero-order chi connectivity index (χ0) is 19.9. The van der Waals surface area contributed by atoms with Gasteiger partial charge in [0.05, 0.1) is 0 Å². The first-order valence-electron chi connectivity index (χ1n) is 8.93. The average Bonchev–Trinajstić information content (AvgIpc) is 3.16. The van der Waals surface area contributed by atoms with E-state index in [2.05, 4.69) is 20.7 Å². The van der Waals surface area contributed by atoms with Gasteiger partial charge in [-0.3, -0.25) is 4.79 Å². The van der Waals surface area contributed by atoms with Crippen LogP contribution < -0.4 is 5.32 Å². The second-order valence-electron chi connectivity index (χ2n) is 6.23. The highest BCUT2D eigenvalue weighted by Crippen LogP contribution is 2.15. The molecule has 8 heteroatoms. The number of para-hydroxylation sites is 1. The summed E-state index contributed by atoms with van der Waals surface area (Å²) >= 11 is 0. The van der Waals surface area contributed by atoms with Crippen LogP contribution in [0.1, 0.15) is 18.1 Å². The van der Waals surface area contributed by atoms with Crippen molar-refractivity contribution in [2.75, 3.05) is 11.9 Å². The normalized spacial score (nSPS) is 10.5. The molecule has 144 valence electrons. The van der Waals surface area contributed by atoms with E-state index in [0.717, 1.165) is 27.9 Å². The van der Waals surface area contributed by atoms with Crippen LogP contribution in [0.5, 0.6) is 0 Å². The predicted octanol–water partition coefficient (Wildman–Crippen LogP) is 2.39. The van der Waals surface area contributed by atoms with E-state index >= 15 is 0 Å². The summed E-state index contributed by atoms with van der Waals surface area (Å²) in [6, 6.07) is 15.1. The molecule has 3 aromatic rings. The van der Waals surface area contributed by atoms with Crippen molar-refractivity contribution in [2.45, 2.75) is 26.8 Å². The van der Waals surface area contributed by atoms with E-state index in [-0.39, 0.29) is 13.2 Å². The molecule has 28 heavy (non-hydrogen) atoms. The van der Waals surface area contributed by atoms with Crippen LogP contribution in [-0.4, -0.2) is 38.7 Å². The number of hydrogen-bond donors (Lipinski definition) is 1. The first-order chi connectivity index (χ1) is 13.5. The fraction of sp³-hybridized carbons (Fsp3) is 0.250. The molecule has 0 radical (unpaired) electrons. The highest BCUT2D eigenvalue weighted by atomic mass is 16.5. The maximum Gasteiger partial charge on any atom is 0.330 e. The summed E-state index contributed by atoms with van der Waals surface area (Å²) in [6.45, 7) is 3.39. The monoisotopic (exact) mass is 379 g/mol. The number of benzene rings is 2. The summed E-state index contributed by atoms with van der Waals surface area (Å²) in [5, 5.41) is 14.7. The summed E-state index contributed by atoms with van der Waals surface area (Å²) in [5.74, 6) is -0.602. The Balaban J connectivity index is 1.50. The SMILES string of the molecule is CCc1ccccc1NC(=O)COC(=O)Cn1nnc(-c2ccc(C)cc2)n1. The molecule has 0 unspecified atom stereocenters. The van der Waals surface area contributed by atoms with Crippen molar-refractivity contribution in [1.29, 1.82) is 0 Å². The lowest BCUT2D eigenvalue weighted by atomic mass is 10.1. The van der Waals surface area contributed by atoms with Gasteiger partial charge in [-0.05, 0) is 30.2 Å². The number of nitrogens with one attached hydrogen (secondary N) is 1. The maximum absolute atomic E-state index is 12.0. The first-order valence-corrected chi connectivity index (χ1v) is 8.93. The number of rotatable bonds is 7. The molecule has 0 fully saturated rings. The van der Waals surface area contributed by atoms with Gasteiger partial charge in [-0.2, -0.15) is 4.80 Å². The highest BCUT2D eigenvalue weighted by Gasteiger charge is 2.13. The molecule has 1 N–H and O–H groups in total. The average molecular weight is 379 g/mol. The number of amides is 1. The number of carbonyl (C=O) groups excluding carboxylic acids is 2. The van der Waals surface area contributed by atoms with Gasteiger partial charge in [0.15, 0.2) is 13.2 Å². The molecule has 0 bridgehead atoms. The second kappa shape index (κ2) is 8.90. The predicted molar refractivity (Wildman–Crippen MR) is 103 cm³/mol. The number of hydrogen-bond acceptors (Lipinski definition) is 6. The molecule has 8 nitrogen and oxygen atoms in total. The Morgan fingerprint density at radius 1 is 1.11 bits per heavy atom. The number of aryl methyl sites for hydroxylation is 2. The summed E-state index contributed by atoms with van der Waals surface area (Å²) in [7, 11) is 0. The Morgan fingerprint density at radius 2 is 1.86 bits per heavy atom. The number of esters is 1. The number of tetrazole rings is 1. The standard InChI is InChI=1S/C20H21N5O3/c1-3-15-6-4-5-7-17(15)21-18(26)13-28-19(27)12-25-23-20(22-24-25)16-10-8-14(2)9-11-16/h4-11H,3,12-13H2,1-2H3,(H,21,26). The van der Waals surface area contributed by atoms with Crippen LogP contribution in [0.15, 0.2) is 48.5 Å². The second-order valence-corrected chi connectivity index (χ2v) is 6.23. The molecule has 0 saturated heterocycles. The van der Waals surface area contributed by atoms with Crippen molar-refractivity contribution in [3.63, 3.8) is 0 Å². The fourth-order valence-electron chi connectivity index (χ4n) is 2.57. The summed E-state index contributed by atoms with van der Waals surface area (Å²) in [4.78, 5) is 25.1. The first kappa shape index (κ1) is 19.2. The van der Waals surface area contributed by atoms with Gasteiger partial charge in [-0.1, -0.05) is 55.0 Å². The van der Waals surface area contributed by atoms with Crippen molar-refractivity contribution in [3.05, 3.63) is 59.7 Å². The van der Waals surface area contributed by atoms with E-state index in [0.29, 0.717) is 11.5 Å². The molecule has 1 aromatic heterocycles. The number of ether oxygens (including phenoxy) is 1. The molecule has 0 saturated carbocycles. The fourth-order valence-corrected chi connectivity index (χ4v) is 2.57. The third kappa shape index (κ3) is 5.00. The summed E-state index contributed by atoms with van der Waals surface area (Å²) < 4.78 is 5.00. The minimum Gasteiger partial charge on any atom is -0.454 e. The van der Waals surface area contributed by atoms with Gasteiger partial charge >= 0.3 is 5.97 Å². The molecule has 0 aliphatic carbocycles. The number of aromatic nitrogens is 4. The molecule has 0 aliphatic rings. The van der Waals surface area contributed by atoms with Crippen molar-refractivity contribution in [1.82, 2.24) is 20.2 Å². The lowest BCUT2D eigenvalue weighted by Gasteiger charge is -2.09. The van der Waals surface area contributed by atoms with E-state index in [4.69, 9.17) is 4.74 Å². The van der Waals surface area contributed by atoms with Gasteiger partial charge in [-0.15, -0.1) is 10.2 Å². The Hall–Kier alpha value is -3.55. The lowest BCUT2D eigenvalue weighted by Crippen LogP contribution is -2.24. The van der Waals surface area contributed by atoms with E-state index in [1.54, 1.807) is 0 Å². The van der Waals surface area contributed by atoms with Crippen molar-refractivity contribution in [2.24, 2.45) is 0 Å². The summed E-state index contributed by atoms with van der Waals surface area (Å²) in [5.41, 5.74) is 3.66. The number of anilines is 1. The molecule has 0 spiro atoms. The van der Waals surface area contributed by atoms with Gasteiger partial charge in [0.25, 0.3) is 5.91 Å². The third-order valence-electron chi connectivity index (χ3n) is 4.07. The molecular formula is C20H21N5O3. The summed E-state index contributed by atoms with van der Waals surface area (Å²) in [6.07, 6.45) is 0.789. The van der Waals surface area contributed by atoms with Crippen LogP contribution in [0.25, 0.3) is 11.4 Å². The Labute approximate surface area is 162 Å². The molecule has 1 heterocycles. The van der Waals surface area contributed by atoms with Crippen molar-refractivity contribution in [3.8, 4) is 11.4 Å². The molecule has 0 aliphatic heterocycles. The van der Waals surface area contributed by atoms with Crippen LogP contribution in [0.4, 0.5) is 5.69 Å². The van der Waals surface area contributed by atoms with Crippen molar-refractivity contribution < 1.29 is 14.3 Å². The zero-order valence-electron chi connectivity index (χ0n) is 15.8. The minimum atomic E-state index is -0.619. The van der Waals surface area contributed by atoms with Crippen LogP contribution in [0.2, 0.25) is 0 Å².